The number of aliphatic imine (C=N–C) groups is 2. The highest BCUT2D eigenvalue weighted by Gasteiger charge is 2.35. The van der Waals surface area contributed by atoms with Gasteiger partial charge in [0.25, 0.3) is 5.91 Å². The number of nitrogens with one attached hydrogen (secondary N) is 1. The fourth-order valence-corrected chi connectivity index (χ4v) is 3.83. The summed E-state index contributed by atoms with van der Waals surface area (Å²) in [4.78, 5) is 20.9. The molecule has 1 amide bonds. The monoisotopic (exact) mass is 449 g/mol. The van der Waals surface area contributed by atoms with Gasteiger partial charge in [0.2, 0.25) is 0 Å². The molecule has 0 aromatic heterocycles. The van der Waals surface area contributed by atoms with Gasteiger partial charge in [-0.05, 0) is 38.5 Å². The van der Waals surface area contributed by atoms with Crippen LogP contribution in [0.25, 0.3) is 0 Å². The molecule has 0 saturated carbocycles. The highest BCUT2D eigenvalue weighted by molar-refractivity contribution is 5.97. The second-order valence-electron chi connectivity index (χ2n) is 8.62. The van der Waals surface area contributed by atoms with Crippen molar-refractivity contribution in [3.63, 3.8) is 0 Å². The number of fused-ring (bicyclic) bond motifs is 1. The molecule has 1 unspecified atom stereocenters. The average molecular weight is 450 g/mol. The number of phenolic OH excluding ortho intramolecular Hbond substituents is 1. The Morgan fingerprint density at radius 3 is 2.76 bits per heavy atom. The van der Waals surface area contributed by atoms with Crippen molar-refractivity contribution in [1.82, 2.24) is 0 Å². The molecule has 2 aromatic rings. The molecular formula is C24H27N5O4. The van der Waals surface area contributed by atoms with Gasteiger partial charge in [-0.15, -0.1) is 5.11 Å². The van der Waals surface area contributed by atoms with Gasteiger partial charge in [0.05, 0.1) is 12.6 Å². The van der Waals surface area contributed by atoms with E-state index in [0.717, 1.165) is 23.3 Å². The summed E-state index contributed by atoms with van der Waals surface area (Å²) in [7, 11) is 1.63. The van der Waals surface area contributed by atoms with E-state index in [1.165, 1.54) is 6.34 Å². The first-order valence-corrected chi connectivity index (χ1v) is 10.7. The van der Waals surface area contributed by atoms with Gasteiger partial charge in [0, 0.05) is 30.2 Å². The zero-order valence-electron chi connectivity index (χ0n) is 18.9. The van der Waals surface area contributed by atoms with Crippen molar-refractivity contribution in [2.45, 2.75) is 44.3 Å². The first-order valence-electron chi connectivity index (χ1n) is 10.7. The summed E-state index contributed by atoms with van der Waals surface area (Å²) in [6.07, 6.45) is 5.21. The largest absolute Gasteiger partial charge is 0.506 e. The molecule has 33 heavy (non-hydrogen) atoms. The third-order valence-electron chi connectivity index (χ3n) is 5.77. The number of rotatable bonds is 8. The summed E-state index contributed by atoms with van der Waals surface area (Å²) in [5.41, 5.74) is 0.990. The third kappa shape index (κ3) is 4.87. The van der Waals surface area contributed by atoms with Gasteiger partial charge in [-0.2, -0.15) is 5.11 Å². The van der Waals surface area contributed by atoms with Crippen LogP contribution in [0.4, 0.5) is 5.69 Å². The second-order valence-corrected chi connectivity index (χ2v) is 8.62. The maximum atomic E-state index is 11.6. The maximum absolute atomic E-state index is 11.6. The molecule has 2 aliphatic heterocycles. The Hall–Kier alpha value is -3.75. The Kier molecular flexibility index (Phi) is 6.13. The Bertz CT molecular complexity index is 1110. The van der Waals surface area contributed by atoms with E-state index >= 15 is 0 Å². The summed E-state index contributed by atoms with van der Waals surface area (Å²) in [5, 5.41) is 21.1. The van der Waals surface area contributed by atoms with Crippen LogP contribution in [-0.2, 0) is 16.9 Å². The molecule has 2 heterocycles. The normalized spacial score (nSPS) is 19.4. The molecule has 9 nitrogen and oxygen atoms in total. The SMILES string of the molecule is COc1ccc(C2(CCC(C)(C)N=CCc3ccc(O)c4c3OCC(=O)N4)N=CN=N2)cc1. The molecule has 1 atom stereocenters. The molecule has 0 bridgehead atoms. The molecule has 0 aliphatic carbocycles. The number of carbonyl (C=O) groups excluding carboxylic acids is 1. The number of anilines is 1. The molecule has 2 aliphatic rings. The van der Waals surface area contributed by atoms with Gasteiger partial charge in [0.1, 0.15) is 23.5 Å². The van der Waals surface area contributed by atoms with E-state index in [1.54, 1.807) is 19.2 Å². The Morgan fingerprint density at radius 2 is 2.06 bits per heavy atom. The second kappa shape index (κ2) is 9.01. The van der Waals surface area contributed by atoms with Crippen LogP contribution in [0.15, 0.2) is 56.6 Å². The van der Waals surface area contributed by atoms with Gasteiger partial charge < -0.3 is 19.9 Å². The highest BCUT2D eigenvalue weighted by Crippen LogP contribution is 2.40. The molecule has 9 heteroatoms. The van der Waals surface area contributed by atoms with Crippen LogP contribution in [-0.4, -0.2) is 42.8 Å². The summed E-state index contributed by atoms with van der Waals surface area (Å²) < 4.78 is 10.8. The third-order valence-corrected chi connectivity index (χ3v) is 5.77. The number of hydrogen-bond donors (Lipinski definition) is 2. The zero-order chi connectivity index (χ0) is 23.5. The lowest BCUT2D eigenvalue weighted by molar-refractivity contribution is -0.118. The molecule has 2 N–H and O–H groups in total. The predicted molar refractivity (Wildman–Crippen MR) is 126 cm³/mol. The van der Waals surface area contributed by atoms with Crippen molar-refractivity contribution in [1.29, 1.82) is 0 Å². The highest BCUT2D eigenvalue weighted by atomic mass is 16.5. The number of phenols is 1. The minimum atomic E-state index is -0.749. The minimum Gasteiger partial charge on any atom is -0.506 e. The van der Waals surface area contributed by atoms with Crippen molar-refractivity contribution >= 4 is 24.1 Å². The number of ether oxygens (including phenoxy) is 2. The average Bonchev–Trinajstić information content (AvgIpc) is 3.30. The number of methoxy groups -OCH3 is 1. The summed E-state index contributed by atoms with van der Waals surface area (Å²) >= 11 is 0. The number of carbonyl (C=O) groups is 1. The predicted octanol–water partition coefficient (Wildman–Crippen LogP) is 4.25. The van der Waals surface area contributed by atoms with Crippen LogP contribution in [0, 0.1) is 0 Å². The van der Waals surface area contributed by atoms with Gasteiger partial charge in [-0.3, -0.25) is 9.79 Å². The maximum Gasteiger partial charge on any atom is 0.262 e. The number of hydrogen-bond acceptors (Lipinski definition) is 8. The van der Waals surface area contributed by atoms with Gasteiger partial charge >= 0.3 is 0 Å². The fourth-order valence-electron chi connectivity index (χ4n) is 3.83. The number of aromatic hydroxyl groups is 1. The van der Waals surface area contributed by atoms with E-state index in [2.05, 4.69) is 34.4 Å². The van der Waals surface area contributed by atoms with Crippen LogP contribution < -0.4 is 14.8 Å². The molecule has 0 spiro atoms. The lowest BCUT2D eigenvalue weighted by Gasteiger charge is -2.27. The van der Waals surface area contributed by atoms with E-state index < -0.39 is 5.66 Å². The minimum absolute atomic E-state index is 0.0193. The van der Waals surface area contributed by atoms with Crippen molar-refractivity contribution in [3.05, 3.63) is 47.5 Å². The van der Waals surface area contributed by atoms with E-state index in [9.17, 15) is 9.90 Å². The van der Waals surface area contributed by atoms with E-state index in [0.29, 0.717) is 24.3 Å². The molecule has 2 aromatic carbocycles. The van der Waals surface area contributed by atoms with Crippen molar-refractivity contribution < 1.29 is 19.4 Å². The number of nitrogens with zero attached hydrogens (tertiary/aromatic N) is 4. The summed E-state index contributed by atoms with van der Waals surface area (Å²) in [6.45, 7) is 4.04. The molecule has 4 rings (SSSR count). The van der Waals surface area contributed by atoms with Gasteiger partial charge in [-0.25, -0.2) is 4.99 Å². The Morgan fingerprint density at radius 1 is 1.27 bits per heavy atom. The molecule has 0 fully saturated rings. The first-order chi connectivity index (χ1) is 15.8. The lowest BCUT2D eigenvalue weighted by atomic mass is 9.89. The first kappa shape index (κ1) is 22.4. The number of azo groups is 1. The molecular weight excluding hydrogens is 422 g/mol. The van der Waals surface area contributed by atoms with Crippen molar-refractivity contribution in [3.8, 4) is 17.2 Å². The van der Waals surface area contributed by atoms with Gasteiger partial charge in [0.15, 0.2) is 18.0 Å². The fraction of sp³-hybridized carbons (Fsp3) is 0.375. The zero-order valence-corrected chi connectivity index (χ0v) is 18.9. The van der Waals surface area contributed by atoms with E-state index in [1.807, 2.05) is 30.5 Å². The van der Waals surface area contributed by atoms with Gasteiger partial charge in [-0.1, -0.05) is 18.2 Å². The van der Waals surface area contributed by atoms with E-state index in [4.69, 9.17) is 14.5 Å². The van der Waals surface area contributed by atoms with Crippen molar-refractivity contribution in [2.24, 2.45) is 20.2 Å². The smallest absolute Gasteiger partial charge is 0.262 e. The summed E-state index contributed by atoms with van der Waals surface area (Å²) in [5.74, 6) is 0.951. The molecule has 0 radical (unpaired) electrons. The number of amides is 1. The molecule has 0 saturated heterocycles. The Balaban J connectivity index is 1.44. The quantitative estimate of drug-likeness (QED) is 0.463. The van der Waals surface area contributed by atoms with E-state index in [-0.39, 0.29) is 23.8 Å². The standard InChI is InChI=1S/C24H27N5O4/c1-23(2,11-12-24(26-15-27-29-24)17-5-7-18(32-3)8-6-17)25-13-10-16-4-9-19(30)21-22(16)33-14-20(31)28-21/h4-9,13,15,30H,10-12,14H2,1-3H3,(H,28,31). The van der Waals surface area contributed by atoms with Crippen LogP contribution in [0.5, 0.6) is 17.2 Å². The Labute approximate surface area is 192 Å². The molecule has 172 valence electrons. The van der Waals surface area contributed by atoms with Crippen LogP contribution in [0.1, 0.15) is 37.8 Å². The lowest BCUT2D eigenvalue weighted by Crippen LogP contribution is -2.26. The summed E-state index contributed by atoms with van der Waals surface area (Å²) in [6, 6.07) is 11.0. The topological polar surface area (TPSA) is 117 Å². The van der Waals surface area contributed by atoms with Crippen LogP contribution in [0.3, 0.4) is 0 Å². The number of benzene rings is 2. The van der Waals surface area contributed by atoms with Crippen LogP contribution >= 0.6 is 0 Å². The van der Waals surface area contributed by atoms with Crippen molar-refractivity contribution in [2.75, 3.05) is 19.0 Å². The van der Waals surface area contributed by atoms with Crippen LogP contribution in [0.2, 0.25) is 0 Å².